The van der Waals surface area contributed by atoms with E-state index >= 15 is 0 Å². The van der Waals surface area contributed by atoms with Gasteiger partial charge in [0.25, 0.3) is 0 Å². The molecule has 0 fully saturated rings. The second-order valence-electron chi connectivity index (χ2n) is 5.63. The van der Waals surface area contributed by atoms with Crippen molar-refractivity contribution in [1.82, 2.24) is 0 Å². The molecule has 0 saturated carbocycles. The number of hydrogen-bond acceptors (Lipinski definition) is 3. The number of esters is 1. The molecule has 0 aliphatic heterocycles. The van der Waals surface area contributed by atoms with Crippen molar-refractivity contribution in [3.8, 4) is 0 Å². The molecule has 6 heteroatoms. The van der Waals surface area contributed by atoms with Crippen LogP contribution in [0.25, 0.3) is 0 Å². The van der Waals surface area contributed by atoms with Crippen LogP contribution in [0.3, 0.4) is 0 Å². The van der Waals surface area contributed by atoms with Crippen LogP contribution in [0.4, 0.5) is 13.2 Å². The molecule has 0 aromatic heterocycles. The molecule has 0 radical (unpaired) electrons. The quantitative estimate of drug-likeness (QED) is 0.871. The molecule has 1 unspecified atom stereocenters. The van der Waals surface area contributed by atoms with E-state index in [1.807, 2.05) is 0 Å². The third kappa shape index (κ3) is 3.96. The molecule has 2 N–H and O–H groups in total. The Kier molecular flexibility index (Phi) is 4.49. The number of benzene rings is 1. The molecular weight excluding hydrogens is 271 g/mol. The molecule has 20 heavy (non-hydrogen) atoms. The first kappa shape index (κ1) is 16.5. The fourth-order valence-electron chi connectivity index (χ4n) is 1.58. The first-order chi connectivity index (χ1) is 8.96. The molecule has 0 spiro atoms. The van der Waals surface area contributed by atoms with E-state index in [1.54, 1.807) is 18.2 Å². The van der Waals surface area contributed by atoms with E-state index in [9.17, 15) is 18.0 Å². The van der Waals surface area contributed by atoms with Crippen molar-refractivity contribution < 1.29 is 22.7 Å². The van der Waals surface area contributed by atoms with Crippen LogP contribution >= 0.6 is 0 Å². The summed E-state index contributed by atoms with van der Waals surface area (Å²) in [4.78, 5) is 11.9. The maximum Gasteiger partial charge on any atom is 0.417 e. The van der Waals surface area contributed by atoms with Crippen molar-refractivity contribution in [2.75, 3.05) is 0 Å². The second kappa shape index (κ2) is 5.44. The standard InChI is InChI=1S/C14H18F3NO2/c1-12(2,3)20-11(19)13(18,14(15,16)17)9-10-7-5-4-6-8-10/h4-8H,9,18H2,1-3H3. The lowest BCUT2D eigenvalue weighted by Crippen LogP contribution is -2.62. The Hall–Kier alpha value is -1.56. The van der Waals surface area contributed by atoms with Gasteiger partial charge in [-0.1, -0.05) is 30.3 Å². The van der Waals surface area contributed by atoms with Crippen molar-refractivity contribution in [2.45, 2.75) is 44.5 Å². The SMILES string of the molecule is CC(C)(C)OC(=O)C(N)(Cc1ccccc1)C(F)(F)F. The topological polar surface area (TPSA) is 52.3 Å². The Bertz CT molecular complexity index is 466. The largest absolute Gasteiger partial charge is 0.458 e. The lowest BCUT2D eigenvalue weighted by Gasteiger charge is -2.32. The van der Waals surface area contributed by atoms with E-state index in [-0.39, 0.29) is 0 Å². The van der Waals surface area contributed by atoms with Crippen LogP contribution in [0.5, 0.6) is 0 Å². The molecule has 112 valence electrons. The van der Waals surface area contributed by atoms with Gasteiger partial charge in [0.05, 0.1) is 0 Å². The monoisotopic (exact) mass is 289 g/mol. The van der Waals surface area contributed by atoms with Crippen LogP contribution in [0.2, 0.25) is 0 Å². The maximum absolute atomic E-state index is 13.2. The summed E-state index contributed by atoms with van der Waals surface area (Å²) in [6.45, 7) is 4.47. The van der Waals surface area contributed by atoms with E-state index < -0.39 is 29.7 Å². The summed E-state index contributed by atoms with van der Waals surface area (Å²) in [5.74, 6) is -1.47. The number of hydrogen-bond donors (Lipinski definition) is 1. The van der Waals surface area contributed by atoms with Gasteiger partial charge in [0.15, 0.2) is 0 Å². The van der Waals surface area contributed by atoms with Crippen molar-refractivity contribution in [2.24, 2.45) is 5.73 Å². The van der Waals surface area contributed by atoms with Gasteiger partial charge in [-0.15, -0.1) is 0 Å². The third-order valence-electron chi connectivity index (χ3n) is 2.59. The van der Waals surface area contributed by atoms with Gasteiger partial charge in [0, 0.05) is 6.42 Å². The van der Waals surface area contributed by atoms with Crippen LogP contribution in [0.1, 0.15) is 26.3 Å². The fraction of sp³-hybridized carbons (Fsp3) is 0.500. The minimum atomic E-state index is -4.90. The minimum Gasteiger partial charge on any atom is -0.458 e. The molecule has 1 aromatic carbocycles. The second-order valence-corrected chi connectivity index (χ2v) is 5.63. The highest BCUT2D eigenvalue weighted by Gasteiger charge is 2.59. The highest BCUT2D eigenvalue weighted by atomic mass is 19.4. The van der Waals surface area contributed by atoms with Gasteiger partial charge in [-0.25, -0.2) is 4.79 Å². The van der Waals surface area contributed by atoms with E-state index in [0.717, 1.165) is 0 Å². The summed E-state index contributed by atoms with van der Waals surface area (Å²) < 4.78 is 44.4. The predicted molar refractivity (Wildman–Crippen MR) is 69.0 cm³/mol. The molecule has 1 atom stereocenters. The molecular formula is C14H18F3NO2. The highest BCUT2D eigenvalue weighted by Crippen LogP contribution is 2.33. The summed E-state index contributed by atoms with van der Waals surface area (Å²) in [7, 11) is 0. The Labute approximate surface area is 115 Å². The Balaban J connectivity index is 3.08. The fourth-order valence-corrected chi connectivity index (χ4v) is 1.58. The summed E-state index contributed by atoms with van der Waals surface area (Å²) in [6, 6.07) is 7.81. The predicted octanol–water partition coefficient (Wildman–Crippen LogP) is 2.83. The highest BCUT2D eigenvalue weighted by molar-refractivity contribution is 5.82. The van der Waals surface area contributed by atoms with E-state index in [2.05, 4.69) is 0 Å². The van der Waals surface area contributed by atoms with Crippen molar-refractivity contribution in [3.63, 3.8) is 0 Å². The third-order valence-corrected chi connectivity index (χ3v) is 2.59. The van der Waals surface area contributed by atoms with Crippen LogP contribution in [-0.2, 0) is 16.0 Å². The van der Waals surface area contributed by atoms with Gasteiger partial charge in [-0.05, 0) is 26.3 Å². The number of alkyl halides is 3. The first-order valence-electron chi connectivity index (χ1n) is 6.09. The average molecular weight is 289 g/mol. The normalized spacial score (nSPS) is 15.6. The smallest absolute Gasteiger partial charge is 0.417 e. The molecule has 0 aliphatic rings. The molecule has 0 saturated heterocycles. The molecule has 0 aliphatic carbocycles. The zero-order valence-electron chi connectivity index (χ0n) is 11.6. The van der Waals surface area contributed by atoms with Gasteiger partial charge in [0.2, 0.25) is 5.54 Å². The van der Waals surface area contributed by atoms with Crippen LogP contribution in [0, 0.1) is 0 Å². The van der Waals surface area contributed by atoms with Gasteiger partial charge >= 0.3 is 12.1 Å². The number of halogens is 3. The number of rotatable bonds is 3. The maximum atomic E-state index is 13.2. The van der Waals surface area contributed by atoms with Crippen molar-refractivity contribution in [3.05, 3.63) is 35.9 Å². The number of ether oxygens (including phenoxy) is 1. The van der Waals surface area contributed by atoms with E-state index in [0.29, 0.717) is 5.56 Å². The molecule has 1 aromatic rings. The van der Waals surface area contributed by atoms with Gasteiger partial charge in [-0.3, -0.25) is 0 Å². The first-order valence-corrected chi connectivity index (χ1v) is 6.09. The Morgan fingerprint density at radius 2 is 1.65 bits per heavy atom. The summed E-state index contributed by atoms with van der Waals surface area (Å²) in [6.07, 6.45) is -5.56. The summed E-state index contributed by atoms with van der Waals surface area (Å²) >= 11 is 0. The Morgan fingerprint density at radius 1 is 1.15 bits per heavy atom. The lowest BCUT2D eigenvalue weighted by molar-refractivity contribution is -0.212. The summed E-state index contributed by atoms with van der Waals surface area (Å²) in [5, 5.41) is 0. The summed E-state index contributed by atoms with van der Waals surface area (Å²) in [5.41, 5.74) is 1.58. The molecule has 0 amide bonds. The lowest BCUT2D eigenvalue weighted by atomic mass is 9.91. The number of carbonyl (C=O) groups excluding carboxylic acids is 1. The van der Waals surface area contributed by atoms with E-state index in [1.165, 1.54) is 32.9 Å². The van der Waals surface area contributed by atoms with Gasteiger partial charge < -0.3 is 10.5 Å². The van der Waals surface area contributed by atoms with Crippen molar-refractivity contribution >= 4 is 5.97 Å². The van der Waals surface area contributed by atoms with Crippen molar-refractivity contribution in [1.29, 1.82) is 0 Å². The molecule has 0 heterocycles. The number of nitrogens with two attached hydrogens (primary N) is 1. The van der Waals surface area contributed by atoms with Crippen LogP contribution in [0.15, 0.2) is 30.3 Å². The zero-order valence-corrected chi connectivity index (χ0v) is 11.6. The molecule has 3 nitrogen and oxygen atoms in total. The Morgan fingerprint density at radius 3 is 2.05 bits per heavy atom. The van der Waals surface area contributed by atoms with Crippen LogP contribution < -0.4 is 5.73 Å². The molecule has 0 bridgehead atoms. The van der Waals surface area contributed by atoms with E-state index in [4.69, 9.17) is 10.5 Å². The van der Waals surface area contributed by atoms with Gasteiger partial charge in [0.1, 0.15) is 5.60 Å². The van der Waals surface area contributed by atoms with Crippen LogP contribution in [-0.4, -0.2) is 23.3 Å². The zero-order chi connectivity index (χ0) is 15.6. The number of carbonyl (C=O) groups is 1. The van der Waals surface area contributed by atoms with Gasteiger partial charge in [-0.2, -0.15) is 13.2 Å². The molecule has 1 rings (SSSR count). The average Bonchev–Trinajstić information content (AvgIpc) is 2.26. The minimum absolute atomic E-state index is 0.318.